The Balaban J connectivity index is 1.63. The van der Waals surface area contributed by atoms with Crippen LogP contribution < -0.4 is 9.47 Å². The maximum atomic E-state index is 5.67. The summed E-state index contributed by atoms with van der Waals surface area (Å²) in [5.74, 6) is 2.54. The van der Waals surface area contributed by atoms with E-state index in [1.54, 1.807) is 14.2 Å². The maximum Gasteiger partial charge on any atom is 0.119 e. The average Bonchev–Trinajstić information content (AvgIpc) is 2.79. The number of rotatable bonds is 5. The Hall–Kier alpha value is -2.75. The van der Waals surface area contributed by atoms with Gasteiger partial charge in [0.25, 0.3) is 0 Å². The summed E-state index contributed by atoms with van der Waals surface area (Å²) in [6, 6.07) is 15.4. The summed E-state index contributed by atoms with van der Waals surface area (Å²) in [6.07, 6.45) is 9.52. The van der Waals surface area contributed by atoms with Gasteiger partial charge in [0.2, 0.25) is 0 Å². The zero-order chi connectivity index (χ0) is 21.6. The molecule has 0 saturated heterocycles. The summed E-state index contributed by atoms with van der Waals surface area (Å²) in [6.45, 7) is 4.76. The molecule has 31 heavy (non-hydrogen) atoms. The van der Waals surface area contributed by atoms with Crippen molar-refractivity contribution in [3.8, 4) is 11.5 Å². The van der Waals surface area contributed by atoms with Gasteiger partial charge < -0.3 is 14.4 Å². The standard InChI is InChI=1S/C27H32N2O2/c1-5-27(20-7-6-8-20)18(2)29-17-28-25(19-9-11-21(30-3)12-10-19)16-26(29)23-14-13-22(31-4)15-24(23)27/h9-18,20,26H,5-8H2,1-4H3. The van der Waals surface area contributed by atoms with E-state index in [9.17, 15) is 0 Å². The molecule has 2 heterocycles. The molecule has 4 heteroatoms. The maximum absolute atomic E-state index is 5.67. The van der Waals surface area contributed by atoms with E-state index in [4.69, 9.17) is 14.5 Å². The molecule has 0 aromatic heterocycles. The molecule has 2 aromatic rings. The number of ether oxygens (including phenoxy) is 2. The molecule has 2 aromatic carbocycles. The van der Waals surface area contributed by atoms with E-state index >= 15 is 0 Å². The lowest BCUT2D eigenvalue weighted by atomic mass is 9.54. The van der Waals surface area contributed by atoms with E-state index in [0.29, 0.717) is 6.04 Å². The highest BCUT2D eigenvalue weighted by molar-refractivity contribution is 5.78. The fourth-order valence-electron chi connectivity index (χ4n) is 6.08. The summed E-state index contributed by atoms with van der Waals surface area (Å²) < 4.78 is 11.0. The third-order valence-electron chi connectivity index (χ3n) is 8.04. The molecule has 5 rings (SSSR count). The predicted molar refractivity (Wildman–Crippen MR) is 126 cm³/mol. The van der Waals surface area contributed by atoms with Crippen LogP contribution in [0.2, 0.25) is 0 Å². The van der Waals surface area contributed by atoms with Gasteiger partial charge in [0, 0.05) is 17.0 Å². The molecule has 1 fully saturated rings. The second-order valence-electron chi connectivity index (χ2n) is 9.07. The summed E-state index contributed by atoms with van der Waals surface area (Å²) in [4.78, 5) is 7.39. The molecule has 1 aliphatic carbocycles. The van der Waals surface area contributed by atoms with Gasteiger partial charge in [-0.2, -0.15) is 0 Å². The van der Waals surface area contributed by atoms with Crippen LogP contribution in [0.15, 0.2) is 53.5 Å². The molecule has 0 spiro atoms. The molecule has 2 aliphatic heterocycles. The van der Waals surface area contributed by atoms with Crippen LogP contribution in [0.4, 0.5) is 0 Å². The van der Waals surface area contributed by atoms with Crippen LogP contribution >= 0.6 is 0 Å². The second kappa shape index (κ2) is 7.74. The molecular formula is C27H32N2O2. The molecule has 3 aliphatic rings. The highest BCUT2D eigenvalue weighted by Crippen LogP contribution is 2.56. The molecule has 0 N–H and O–H groups in total. The van der Waals surface area contributed by atoms with Gasteiger partial charge in [-0.05, 0) is 85.7 Å². The number of hydrogen-bond acceptors (Lipinski definition) is 4. The molecule has 1 saturated carbocycles. The molecular weight excluding hydrogens is 384 g/mol. The van der Waals surface area contributed by atoms with Crippen LogP contribution in [0.1, 0.15) is 62.3 Å². The first kappa shape index (κ1) is 20.2. The molecule has 0 radical (unpaired) electrons. The number of hydrogen-bond donors (Lipinski definition) is 0. The van der Waals surface area contributed by atoms with Gasteiger partial charge >= 0.3 is 0 Å². The molecule has 0 amide bonds. The van der Waals surface area contributed by atoms with Crippen LogP contribution in [0.25, 0.3) is 5.70 Å². The summed E-state index contributed by atoms with van der Waals surface area (Å²) in [5, 5.41) is 0. The van der Waals surface area contributed by atoms with E-state index in [0.717, 1.165) is 35.1 Å². The molecule has 3 unspecified atom stereocenters. The first-order valence-corrected chi connectivity index (χ1v) is 11.5. The van der Waals surface area contributed by atoms with E-state index in [-0.39, 0.29) is 11.5 Å². The minimum absolute atomic E-state index is 0.135. The lowest BCUT2D eigenvalue weighted by molar-refractivity contribution is 0.0551. The zero-order valence-electron chi connectivity index (χ0n) is 19.0. The molecule has 162 valence electrons. The Morgan fingerprint density at radius 2 is 1.74 bits per heavy atom. The number of nitrogens with zero attached hydrogens (tertiary/aromatic N) is 2. The monoisotopic (exact) mass is 416 g/mol. The van der Waals surface area contributed by atoms with E-state index in [1.807, 2.05) is 12.1 Å². The highest BCUT2D eigenvalue weighted by atomic mass is 16.5. The normalized spacial score (nSPS) is 27.1. The highest BCUT2D eigenvalue weighted by Gasteiger charge is 2.53. The van der Waals surface area contributed by atoms with Crippen molar-refractivity contribution in [2.75, 3.05) is 14.2 Å². The molecule has 4 nitrogen and oxygen atoms in total. The summed E-state index contributed by atoms with van der Waals surface area (Å²) >= 11 is 0. The summed E-state index contributed by atoms with van der Waals surface area (Å²) in [5.41, 5.74) is 5.14. The molecule has 3 atom stereocenters. The smallest absolute Gasteiger partial charge is 0.119 e. The number of aliphatic imine (C=N–C) groups is 1. The quantitative estimate of drug-likeness (QED) is 0.601. The van der Waals surface area contributed by atoms with Gasteiger partial charge in [-0.3, -0.25) is 0 Å². The Bertz CT molecular complexity index is 1020. The first-order valence-electron chi connectivity index (χ1n) is 11.5. The minimum atomic E-state index is 0.135. The van der Waals surface area contributed by atoms with Crippen molar-refractivity contribution < 1.29 is 9.47 Å². The van der Waals surface area contributed by atoms with E-state index < -0.39 is 0 Å². The van der Waals surface area contributed by atoms with Crippen molar-refractivity contribution >= 4 is 12.0 Å². The lowest BCUT2D eigenvalue weighted by Crippen LogP contribution is -2.58. The van der Waals surface area contributed by atoms with Crippen molar-refractivity contribution in [3.63, 3.8) is 0 Å². The lowest BCUT2D eigenvalue weighted by Gasteiger charge is -2.58. The van der Waals surface area contributed by atoms with Crippen molar-refractivity contribution in [2.45, 2.75) is 57.0 Å². The van der Waals surface area contributed by atoms with Gasteiger partial charge in [-0.25, -0.2) is 4.99 Å². The fourth-order valence-corrected chi connectivity index (χ4v) is 6.08. The van der Waals surface area contributed by atoms with Crippen molar-refractivity contribution in [1.82, 2.24) is 4.90 Å². The number of benzene rings is 2. The van der Waals surface area contributed by atoms with Gasteiger partial charge in [0.05, 0.1) is 32.3 Å². The minimum Gasteiger partial charge on any atom is -0.497 e. The van der Waals surface area contributed by atoms with Crippen molar-refractivity contribution in [2.24, 2.45) is 10.9 Å². The van der Waals surface area contributed by atoms with Gasteiger partial charge in [0.1, 0.15) is 11.5 Å². The SMILES string of the molecule is CCC1(C2CCC2)c2cc(OC)ccc2C2C=C(c3ccc(OC)cc3)N=CN2C1C. The summed E-state index contributed by atoms with van der Waals surface area (Å²) in [7, 11) is 3.47. The van der Waals surface area contributed by atoms with Crippen LogP contribution in [0.5, 0.6) is 11.5 Å². The third-order valence-corrected chi connectivity index (χ3v) is 8.04. The zero-order valence-corrected chi connectivity index (χ0v) is 19.0. The topological polar surface area (TPSA) is 34.1 Å². The Labute approximate surface area is 185 Å². The Kier molecular flexibility index (Phi) is 5.04. The number of fused-ring (bicyclic) bond motifs is 3. The Morgan fingerprint density at radius 3 is 2.35 bits per heavy atom. The Morgan fingerprint density at radius 1 is 1.03 bits per heavy atom. The van der Waals surface area contributed by atoms with E-state index in [2.05, 4.69) is 61.5 Å². The van der Waals surface area contributed by atoms with Crippen LogP contribution in [-0.4, -0.2) is 31.5 Å². The van der Waals surface area contributed by atoms with Crippen LogP contribution in [0.3, 0.4) is 0 Å². The van der Waals surface area contributed by atoms with Crippen molar-refractivity contribution in [1.29, 1.82) is 0 Å². The first-order chi connectivity index (χ1) is 15.1. The fraction of sp³-hybridized carbons (Fsp3) is 0.444. The predicted octanol–water partition coefficient (Wildman–Crippen LogP) is 5.98. The van der Waals surface area contributed by atoms with Crippen molar-refractivity contribution in [3.05, 3.63) is 65.2 Å². The molecule has 0 bridgehead atoms. The van der Waals surface area contributed by atoms with Gasteiger partial charge in [0.15, 0.2) is 0 Å². The second-order valence-corrected chi connectivity index (χ2v) is 9.07. The number of methoxy groups -OCH3 is 2. The average molecular weight is 417 g/mol. The third kappa shape index (κ3) is 2.99. The van der Waals surface area contributed by atoms with Gasteiger partial charge in [-0.15, -0.1) is 0 Å². The van der Waals surface area contributed by atoms with Crippen LogP contribution in [-0.2, 0) is 5.41 Å². The van der Waals surface area contributed by atoms with Crippen LogP contribution in [0, 0.1) is 5.92 Å². The van der Waals surface area contributed by atoms with E-state index in [1.165, 1.54) is 30.4 Å². The van der Waals surface area contributed by atoms with Gasteiger partial charge in [-0.1, -0.05) is 19.4 Å². The largest absolute Gasteiger partial charge is 0.497 e.